The molecule has 0 radical (unpaired) electrons. The summed E-state index contributed by atoms with van der Waals surface area (Å²) in [5.41, 5.74) is -1.49. The van der Waals surface area contributed by atoms with Gasteiger partial charge in [-0.1, -0.05) is 31.6 Å². The molecule has 1 atom stereocenters. The Morgan fingerprint density at radius 1 is 0.638 bits per heavy atom. The highest BCUT2D eigenvalue weighted by molar-refractivity contribution is 7.54. The second-order valence-corrected chi connectivity index (χ2v) is 16.3. The van der Waals surface area contributed by atoms with E-state index in [1.807, 2.05) is 0 Å². The fourth-order valence-electron chi connectivity index (χ4n) is 5.54. The number of hydrogen-bond donors (Lipinski definition) is 4. The van der Waals surface area contributed by atoms with Crippen LogP contribution in [-0.2, 0) is 61.2 Å². The maximum atomic E-state index is 13.8. The Morgan fingerprint density at radius 2 is 1.00 bits per heavy atom. The van der Waals surface area contributed by atoms with Gasteiger partial charge in [0.25, 0.3) is 0 Å². The zero-order valence-corrected chi connectivity index (χ0v) is 35.4. The van der Waals surface area contributed by atoms with E-state index >= 15 is 0 Å². The topological polar surface area (TPSA) is 207 Å². The smallest absolute Gasteiger partial charge is 0.333 e. The lowest BCUT2D eigenvalue weighted by molar-refractivity contribution is -0.134. The standard InChI is InChI=1S/C40H65N4O13P/c1-7-19-51-25-28-54-22-16-41-36(45)10-13-40(14-11-37(46)42-17-23-55-29-26-52-20-8-2,15-12-38(47)43-18-24-56-30-27-53-21-9-3)44-39(48)34-31-35(32-34)57-58(49,50-6)33(4)5/h1-3,33-35H,10-32H2,4-6H3,(H,41,45)(H,42,46)(H,43,47)(H,44,48)/t34-,35-,58?. The molecule has 58 heavy (non-hydrogen) atoms. The number of rotatable bonds is 36. The molecule has 0 bridgehead atoms. The van der Waals surface area contributed by atoms with Crippen molar-refractivity contribution >= 4 is 31.2 Å². The van der Waals surface area contributed by atoms with E-state index < -0.39 is 25.2 Å². The summed E-state index contributed by atoms with van der Waals surface area (Å²) in [7, 11) is -2.02. The van der Waals surface area contributed by atoms with Crippen molar-refractivity contribution < 1.29 is 61.2 Å². The van der Waals surface area contributed by atoms with Gasteiger partial charge in [0.1, 0.15) is 19.8 Å². The van der Waals surface area contributed by atoms with E-state index in [0.717, 1.165) is 0 Å². The lowest BCUT2D eigenvalue weighted by Gasteiger charge is -2.41. The van der Waals surface area contributed by atoms with E-state index in [1.54, 1.807) is 13.8 Å². The monoisotopic (exact) mass is 840 g/mol. The van der Waals surface area contributed by atoms with Crippen LogP contribution in [0.1, 0.15) is 65.2 Å². The molecule has 4 N–H and O–H groups in total. The molecule has 1 aliphatic rings. The highest BCUT2D eigenvalue weighted by Crippen LogP contribution is 2.55. The van der Waals surface area contributed by atoms with Crippen molar-refractivity contribution in [2.75, 3.05) is 106 Å². The molecule has 0 saturated heterocycles. The minimum absolute atomic E-state index is 0.0121. The van der Waals surface area contributed by atoms with Crippen LogP contribution in [0.5, 0.6) is 0 Å². The molecular weight excluding hydrogens is 775 g/mol. The molecular formula is C40H65N4O13P. The van der Waals surface area contributed by atoms with Crippen molar-refractivity contribution in [1.29, 1.82) is 0 Å². The van der Waals surface area contributed by atoms with Crippen molar-refractivity contribution in [3.05, 3.63) is 0 Å². The zero-order chi connectivity index (χ0) is 42.9. The Kier molecular flexibility index (Phi) is 29.3. The van der Waals surface area contributed by atoms with Gasteiger partial charge in [-0.25, -0.2) is 0 Å². The summed E-state index contributed by atoms with van der Waals surface area (Å²) in [4.78, 5) is 53.0. The first-order valence-electron chi connectivity index (χ1n) is 19.7. The number of ether oxygens (including phenoxy) is 6. The Labute approximate surface area is 344 Å². The van der Waals surface area contributed by atoms with Gasteiger partial charge >= 0.3 is 7.60 Å². The first-order valence-corrected chi connectivity index (χ1v) is 21.3. The van der Waals surface area contributed by atoms with Crippen LogP contribution < -0.4 is 21.3 Å². The summed E-state index contributed by atoms with van der Waals surface area (Å²) in [6, 6.07) is 0. The third-order valence-corrected chi connectivity index (χ3v) is 11.3. The Morgan fingerprint density at radius 3 is 1.33 bits per heavy atom. The van der Waals surface area contributed by atoms with Crippen LogP contribution >= 0.6 is 7.60 Å². The van der Waals surface area contributed by atoms with Crippen LogP contribution in [0.25, 0.3) is 0 Å². The maximum absolute atomic E-state index is 13.8. The van der Waals surface area contributed by atoms with E-state index in [1.165, 1.54) is 7.11 Å². The molecule has 1 unspecified atom stereocenters. The van der Waals surface area contributed by atoms with Crippen LogP contribution in [0, 0.1) is 42.9 Å². The summed E-state index contributed by atoms with van der Waals surface area (Å²) in [5.74, 6) is 5.41. The minimum atomic E-state index is -3.35. The summed E-state index contributed by atoms with van der Waals surface area (Å²) in [6.45, 7) is 7.37. The molecule has 4 amide bonds. The zero-order valence-electron chi connectivity index (χ0n) is 34.5. The van der Waals surface area contributed by atoms with Gasteiger partial charge in [-0.05, 0) is 32.1 Å². The van der Waals surface area contributed by atoms with Crippen molar-refractivity contribution in [2.24, 2.45) is 5.92 Å². The molecule has 1 fully saturated rings. The molecule has 17 nitrogen and oxygen atoms in total. The quantitative estimate of drug-likeness (QED) is 0.0402. The van der Waals surface area contributed by atoms with Crippen molar-refractivity contribution in [3.8, 4) is 37.0 Å². The fraction of sp³-hybridized carbons (Fsp3) is 0.750. The lowest BCUT2D eigenvalue weighted by Crippen LogP contribution is -2.54. The lowest BCUT2D eigenvalue weighted by atomic mass is 9.78. The van der Waals surface area contributed by atoms with Gasteiger partial charge in [0.05, 0.1) is 71.2 Å². The number of hydrogen-bond acceptors (Lipinski definition) is 13. The van der Waals surface area contributed by atoms with Gasteiger partial charge in [-0.3, -0.25) is 23.7 Å². The molecule has 1 saturated carbocycles. The minimum Gasteiger partial charge on any atom is -0.377 e. The van der Waals surface area contributed by atoms with Gasteiger partial charge in [0.2, 0.25) is 23.6 Å². The summed E-state index contributed by atoms with van der Waals surface area (Å²) in [5, 5.41) is 11.6. The SMILES string of the molecule is C#CCOCCOCCNC(=O)CCC(CCC(=O)NCCOCCOCC#C)(CCC(=O)NCCOCCOCC#C)NC(=O)[C@H]1C[C@H](OP(=O)(OC)C(C)C)C1. The summed E-state index contributed by atoms with van der Waals surface area (Å²) < 4.78 is 55.9. The van der Waals surface area contributed by atoms with Crippen molar-refractivity contribution in [3.63, 3.8) is 0 Å². The third kappa shape index (κ3) is 24.4. The molecule has 1 aliphatic carbocycles. The normalized spacial score (nSPS) is 15.9. The van der Waals surface area contributed by atoms with Gasteiger partial charge in [-0.15, -0.1) is 19.3 Å². The van der Waals surface area contributed by atoms with Crippen LogP contribution in [0.2, 0.25) is 0 Å². The summed E-state index contributed by atoms with van der Waals surface area (Å²) >= 11 is 0. The first kappa shape index (κ1) is 52.5. The second kappa shape index (κ2) is 32.3. The number of amides is 4. The van der Waals surface area contributed by atoms with Crippen LogP contribution in [-0.4, -0.2) is 147 Å². The maximum Gasteiger partial charge on any atom is 0.333 e. The van der Waals surface area contributed by atoms with E-state index in [-0.39, 0.29) is 127 Å². The predicted octanol–water partition coefficient (Wildman–Crippen LogP) is 1.57. The van der Waals surface area contributed by atoms with Crippen LogP contribution in [0.15, 0.2) is 0 Å². The van der Waals surface area contributed by atoms with Crippen LogP contribution in [0.3, 0.4) is 0 Å². The highest BCUT2D eigenvalue weighted by Gasteiger charge is 2.43. The van der Waals surface area contributed by atoms with Crippen molar-refractivity contribution in [2.45, 2.75) is 82.5 Å². The first-order chi connectivity index (χ1) is 27.9. The molecule has 18 heteroatoms. The molecule has 1 rings (SSSR count). The fourth-order valence-corrected chi connectivity index (χ4v) is 6.88. The van der Waals surface area contributed by atoms with E-state index in [0.29, 0.717) is 52.5 Å². The Hall–Kier alpha value is -3.53. The van der Waals surface area contributed by atoms with E-state index in [9.17, 15) is 23.7 Å². The number of terminal acetylenes is 3. The molecule has 0 aromatic heterocycles. The van der Waals surface area contributed by atoms with Crippen LogP contribution in [0.4, 0.5) is 0 Å². The van der Waals surface area contributed by atoms with Gasteiger partial charge in [0.15, 0.2) is 0 Å². The number of carbonyl (C=O) groups excluding carboxylic acids is 4. The van der Waals surface area contributed by atoms with Crippen molar-refractivity contribution in [1.82, 2.24) is 21.3 Å². The Bertz CT molecular complexity index is 1260. The predicted molar refractivity (Wildman–Crippen MR) is 216 cm³/mol. The number of carbonyl (C=O) groups is 4. The largest absolute Gasteiger partial charge is 0.377 e. The second-order valence-electron chi connectivity index (χ2n) is 13.6. The molecule has 0 aromatic carbocycles. The summed E-state index contributed by atoms with van der Waals surface area (Å²) in [6.07, 6.45) is 16.0. The molecule has 0 aliphatic heterocycles. The molecule has 0 aromatic rings. The average Bonchev–Trinajstić information content (AvgIpc) is 3.19. The van der Waals surface area contributed by atoms with Gasteiger partial charge in [-0.2, -0.15) is 0 Å². The molecule has 0 spiro atoms. The van der Waals surface area contributed by atoms with E-state index in [4.69, 9.17) is 56.7 Å². The third-order valence-electron chi connectivity index (χ3n) is 8.91. The van der Waals surface area contributed by atoms with Gasteiger partial charge < -0.3 is 58.7 Å². The van der Waals surface area contributed by atoms with E-state index in [2.05, 4.69) is 39.0 Å². The number of nitrogens with one attached hydrogen (secondary N) is 4. The highest BCUT2D eigenvalue weighted by atomic mass is 31.2. The Balaban J connectivity index is 3.02. The molecule has 0 heterocycles. The average molecular weight is 841 g/mol. The van der Waals surface area contributed by atoms with Gasteiger partial charge in [0, 0.05) is 57.5 Å². The molecule has 328 valence electrons.